The van der Waals surface area contributed by atoms with Gasteiger partial charge in [-0.05, 0) is 32.2 Å². The van der Waals surface area contributed by atoms with Crippen molar-refractivity contribution in [1.29, 1.82) is 0 Å². The highest BCUT2D eigenvalue weighted by Crippen LogP contribution is 2.31. The molecule has 3 fully saturated rings. The number of likely N-dealkylation sites (tertiary alicyclic amines) is 1. The lowest BCUT2D eigenvalue weighted by Gasteiger charge is -2.31. The number of carbonyl (C=O) groups is 1. The fourth-order valence-corrected chi connectivity index (χ4v) is 3.67. The van der Waals surface area contributed by atoms with Gasteiger partial charge in [-0.1, -0.05) is 5.16 Å². The third-order valence-corrected chi connectivity index (χ3v) is 5.22. The van der Waals surface area contributed by atoms with Gasteiger partial charge in [-0.25, -0.2) is 0 Å². The smallest absolute Gasteiger partial charge is 0.292 e. The molecule has 0 spiro atoms. The van der Waals surface area contributed by atoms with E-state index in [4.69, 9.17) is 9.26 Å². The van der Waals surface area contributed by atoms with Crippen LogP contribution in [0.5, 0.6) is 0 Å². The highest BCUT2D eigenvalue weighted by molar-refractivity contribution is 5.90. The van der Waals surface area contributed by atoms with Gasteiger partial charge in [0.25, 0.3) is 11.7 Å². The molecule has 2 N–H and O–H groups in total. The van der Waals surface area contributed by atoms with Crippen LogP contribution in [0.25, 0.3) is 0 Å². The van der Waals surface area contributed by atoms with Crippen LogP contribution in [0.15, 0.2) is 4.52 Å². The topological polar surface area (TPSA) is 104 Å². The highest BCUT2D eigenvalue weighted by atomic mass is 16.5. The zero-order chi connectivity index (χ0) is 17.9. The lowest BCUT2D eigenvalue weighted by atomic mass is 10.2. The summed E-state index contributed by atoms with van der Waals surface area (Å²) in [4.78, 5) is 20.8. The molecule has 9 heteroatoms. The van der Waals surface area contributed by atoms with E-state index in [0.29, 0.717) is 19.0 Å². The Kier molecular flexibility index (Phi) is 5.49. The summed E-state index contributed by atoms with van der Waals surface area (Å²) in [5.41, 5.74) is 0. The molecule has 3 aliphatic rings. The van der Waals surface area contributed by atoms with E-state index in [1.54, 1.807) is 0 Å². The predicted octanol–water partition coefficient (Wildman–Crippen LogP) is -0.208. The Morgan fingerprint density at radius 2 is 2.04 bits per heavy atom. The van der Waals surface area contributed by atoms with Crippen molar-refractivity contribution >= 4 is 5.91 Å². The lowest BCUT2D eigenvalue weighted by Crippen LogP contribution is -2.44. The molecule has 1 aliphatic carbocycles. The number of aliphatic hydroxyl groups excluding tert-OH is 1. The standard InChI is InChI=1S/C17H27N5O4/c23-13(10-21-6-8-25-9-7-21)11-22-5-1-2-14(22)17-19-15(20-26-17)16(24)18-12-3-4-12/h12-14,23H,1-11H2,(H,18,24)/t13-,14+/m0/s1. The Morgan fingerprint density at radius 3 is 2.81 bits per heavy atom. The van der Waals surface area contributed by atoms with Gasteiger partial charge in [0.2, 0.25) is 5.89 Å². The molecule has 1 saturated carbocycles. The van der Waals surface area contributed by atoms with Crippen molar-refractivity contribution in [3.63, 3.8) is 0 Å². The number of hydrogen-bond donors (Lipinski definition) is 2. The van der Waals surface area contributed by atoms with Crippen LogP contribution < -0.4 is 5.32 Å². The lowest BCUT2D eigenvalue weighted by molar-refractivity contribution is 0.00488. The highest BCUT2D eigenvalue weighted by Gasteiger charge is 2.33. The third kappa shape index (κ3) is 4.40. The first-order chi connectivity index (χ1) is 12.7. The maximum Gasteiger partial charge on any atom is 0.292 e. The van der Waals surface area contributed by atoms with E-state index in [-0.39, 0.29) is 23.8 Å². The molecule has 0 radical (unpaired) electrons. The molecule has 1 aromatic heterocycles. The number of carbonyl (C=O) groups excluding carboxylic acids is 1. The molecule has 144 valence electrons. The van der Waals surface area contributed by atoms with E-state index in [1.165, 1.54) is 0 Å². The van der Waals surface area contributed by atoms with Crippen LogP contribution >= 0.6 is 0 Å². The number of aromatic nitrogens is 2. The van der Waals surface area contributed by atoms with E-state index in [1.807, 2.05) is 0 Å². The van der Waals surface area contributed by atoms with Crippen molar-refractivity contribution in [1.82, 2.24) is 25.3 Å². The van der Waals surface area contributed by atoms with E-state index >= 15 is 0 Å². The van der Waals surface area contributed by atoms with Gasteiger partial charge >= 0.3 is 0 Å². The molecule has 2 aliphatic heterocycles. The number of β-amino-alcohol motifs (C(OH)–C–C–N with tert-alkyl or cyclic N) is 1. The molecule has 0 aromatic carbocycles. The minimum Gasteiger partial charge on any atom is -0.390 e. The quantitative estimate of drug-likeness (QED) is 0.684. The maximum absolute atomic E-state index is 12.0. The molecule has 4 rings (SSSR count). The molecule has 3 heterocycles. The second kappa shape index (κ2) is 7.99. The number of nitrogens with zero attached hydrogens (tertiary/aromatic N) is 4. The van der Waals surface area contributed by atoms with Crippen molar-refractivity contribution in [2.75, 3.05) is 45.9 Å². The Hall–Kier alpha value is -1.55. The Labute approximate surface area is 152 Å². The van der Waals surface area contributed by atoms with Gasteiger partial charge in [0.05, 0.1) is 25.4 Å². The van der Waals surface area contributed by atoms with E-state index in [0.717, 1.165) is 58.5 Å². The van der Waals surface area contributed by atoms with Crippen molar-refractivity contribution < 1.29 is 19.2 Å². The van der Waals surface area contributed by atoms with E-state index in [2.05, 4.69) is 25.3 Å². The molecule has 0 bridgehead atoms. The predicted molar refractivity (Wildman–Crippen MR) is 91.6 cm³/mol. The number of ether oxygens (including phenoxy) is 1. The van der Waals surface area contributed by atoms with Crippen LogP contribution in [-0.4, -0.2) is 89.0 Å². The SMILES string of the molecule is O=C(NC1CC1)c1noc([C@H]2CCCN2C[C@@H](O)CN2CCOCC2)n1. The first-order valence-electron chi connectivity index (χ1n) is 9.56. The summed E-state index contributed by atoms with van der Waals surface area (Å²) < 4.78 is 10.7. The molecule has 9 nitrogen and oxygen atoms in total. The first kappa shape index (κ1) is 17.8. The number of amides is 1. The number of nitrogens with one attached hydrogen (secondary N) is 1. The number of aliphatic hydroxyl groups is 1. The molecule has 2 saturated heterocycles. The van der Waals surface area contributed by atoms with Crippen LogP contribution in [0.3, 0.4) is 0 Å². The minimum atomic E-state index is -0.436. The zero-order valence-corrected chi connectivity index (χ0v) is 15.0. The summed E-state index contributed by atoms with van der Waals surface area (Å²) in [7, 11) is 0. The van der Waals surface area contributed by atoms with Gasteiger partial charge in [-0.3, -0.25) is 14.6 Å². The van der Waals surface area contributed by atoms with Gasteiger partial charge in [0.15, 0.2) is 0 Å². The van der Waals surface area contributed by atoms with Crippen molar-refractivity contribution in [2.45, 2.75) is 43.9 Å². The van der Waals surface area contributed by atoms with Crippen LogP contribution in [0, 0.1) is 0 Å². The first-order valence-corrected chi connectivity index (χ1v) is 9.56. The van der Waals surface area contributed by atoms with Gasteiger partial charge in [0.1, 0.15) is 0 Å². The van der Waals surface area contributed by atoms with Crippen molar-refractivity contribution in [2.24, 2.45) is 0 Å². The Balaban J connectivity index is 1.32. The van der Waals surface area contributed by atoms with Crippen molar-refractivity contribution in [3.05, 3.63) is 11.7 Å². The summed E-state index contributed by atoms with van der Waals surface area (Å²) in [6, 6.07) is 0.243. The van der Waals surface area contributed by atoms with Gasteiger partial charge < -0.3 is 19.7 Å². The van der Waals surface area contributed by atoms with Crippen LogP contribution in [0.1, 0.15) is 48.2 Å². The van der Waals surface area contributed by atoms with E-state index < -0.39 is 6.10 Å². The number of rotatable bonds is 7. The number of morpholine rings is 1. The second-order valence-electron chi connectivity index (χ2n) is 7.42. The molecule has 1 amide bonds. The third-order valence-electron chi connectivity index (χ3n) is 5.22. The van der Waals surface area contributed by atoms with Gasteiger partial charge in [-0.15, -0.1) is 0 Å². The molecular formula is C17H27N5O4. The molecular weight excluding hydrogens is 338 g/mol. The summed E-state index contributed by atoms with van der Waals surface area (Å²) >= 11 is 0. The van der Waals surface area contributed by atoms with Gasteiger partial charge in [0, 0.05) is 32.2 Å². The molecule has 0 unspecified atom stereocenters. The second-order valence-corrected chi connectivity index (χ2v) is 7.42. The minimum absolute atomic E-state index is 0.0238. The molecule has 2 atom stereocenters. The summed E-state index contributed by atoms with van der Waals surface area (Å²) in [6.45, 7) is 5.28. The largest absolute Gasteiger partial charge is 0.390 e. The Bertz CT molecular complexity index is 614. The Morgan fingerprint density at radius 1 is 1.23 bits per heavy atom. The fourth-order valence-electron chi connectivity index (χ4n) is 3.67. The van der Waals surface area contributed by atoms with Crippen molar-refractivity contribution in [3.8, 4) is 0 Å². The summed E-state index contributed by atoms with van der Waals surface area (Å²) in [5.74, 6) is 0.314. The van der Waals surface area contributed by atoms with Gasteiger partial charge in [-0.2, -0.15) is 4.98 Å². The van der Waals surface area contributed by atoms with E-state index in [9.17, 15) is 9.90 Å². The number of hydrogen-bond acceptors (Lipinski definition) is 8. The molecule has 26 heavy (non-hydrogen) atoms. The average molecular weight is 365 g/mol. The van der Waals surface area contributed by atoms with Crippen LogP contribution in [0.2, 0.25) is 0 Å². The normalized spacial score (nSPS) is 26.1. The van der Waals surface area contributed by atoms with Crippen LogP contribution in [-0.2, 0) is 4.74 Å². The summed E-state index contributed by atoms with van der Waals surface area (Å²) in [6.07, 6.45) is 3.52. The fraction of sp³-hybridized carbons (Fsp3) is 0.824. The summed E-state index contributed by atoms with van der Waals surface area (Å²) in [5, 5.41) is 17.2. The monoisotopic (exact) mass is 365 g/mol. The zero-order valence-electron chi connectivity index (χ0n) is 15.0. The maximum atomic E-state index is 12.0. The molecule has 1 aromatic rings. The van der Waals surface area contributed by atoms with Crippen LogP contribution in [0.4, 0.5) is 0 Å². The average Bonchev–Trinajstić information content (AvgIpc) is 3.12.